The molecule has 0 saturated carbocycles. The van der Waals surface area contributed by atoms with Crippen LogP contribution in [0, 0.1) is 10.1 Å². The second-order valence-electron chi connectivity index (χ2n) is 7.41. The van der Waals surface area contributed by atoms with Crippen molar-refractivity contribution in [3.05, 3.63) is 70.8 Å². The van der Waals surface area contributed by atoms with Crippen LogP contribution in [-0.2, 0) is 16.4 Å². The highest BCUT2D eigenvalue weighted by Crippen LogP contribution is 2.35. The average Bonchev–Trinajstić information content (AvgIpc) is 3.22. The van der Waals surface area contributed by atoms with Crippen LogP contribution in [0.15, 0.2) is 64.1 Å². The van der Waals surface area contributed by atoms with Crippen LogP contribution in [0.4, 0.5) is 11.4 Å². The number of nitro benzene ring substituents is 1. The maximum absolute atomic E-state index is 12.0. The number of benzene rings is 2. The van der Waals surface area contributed by atoms with E-state index in [0.29, 0.717) is 44.3 Å². The molecular weight excluding hydrogens is 420 g/mol. The molecule has 1 saturated heterocycles. The Balaban J connectivity index is 1.45. The van der Waals surface area contributed by atoms with Gasteiger partial charge >= 0.3 is 5.69 Å². The van der Waals surface area contributed by atoms with E-state index in [1.54, 1.807) is 18.4 Å². The smallest absolute Gasteiger partial charge is 0.311 e. The Morgan fingerprint density at radius 2 is 1.77 bits per heavy atom. The minimum Gasteiger partial charge on any atom is -0.447 e. The highest BCUT2D eigenvalue weighted by atomic mass is 32.2. The third kappa shape index (κ3) is 4.59. The number of rotatable bonds is 6. The summed E-state index contributed by atoms with van der Waals surface area (Å²) in [5.41, 5.74) is 1.73. The molecule has 2 aromatic carbocycles. The molecule has 31 heavy (non-hydrogen) atoms. The van der Waals surface area contributed by atoms with Crippen LogP contribution in [0.3, 0.4) is 0 Å². The highest BCUT2D eigenvalue weighted by Gasteiger charge is 2.30. The molecule has 1 aromatic heterocycles. The van der Waals surface area contributed by atoms with Crippen molar-refractivity contribution in [1.82, 2.24) is 9.88 Å². The molecule has 0 aliphatic carbocycles. The van der Waals surface area contributed by atoms with E-state index in [0.717, 1.165) is 17.5 Å². The molecule has 4 rings (SSSR count). The van der Waals surface area contributed by atoms with Crippen LogP contribution in [-0.4, -0.2) is 55.7 Å². The van der Waals surface area contributed by atoms with E-state index < -0.39 is 14.8 Å². The van der Waals surface area contributed by atoms with Crippen molar-refractivity contribution in [1.29, 1.82) is 0 Å². The van der Waals surface area contributed by atoms with Crippen molar-refractivity contribution in [2.24, 2.45) is 0 Å². The summed E-state index contributed by atoms with van der Waals surface area (Å²) in [6.07, 6.45) is 2.62. The first-order valence-corrected chi connectivity index (χ1v) is 11.7. The summed E-state index contributed by atoms with van der Waals surface area (Å²) < 4.78 is 29.6. The Kier molecular flexibility index (Phi) is 5.75. The van der Waals surface area contributed by atoms with Gasteiger partial charge in [0.15, 0.2) is 9.84 Å². The molecule has 0 unspecified atom stereocenters. The SMILES string of the molecule is CS(=O)(=O)c1cccc(N2CCN(Cc3nc(-c4ccccc4)co3)CC2)c1[N+](=O)[O-]. The monoisotopic (exact) mass is 442 g/mol. The summed E-state index contributed by atoms with van der Waals surface area (Å²) in [5.74, 6) is 0.609. The van der Waals surface area contributed by atoms with Crippen LogP contribution < -0.4 is 4.90 Å². The molecule has 162 valence electrons. The first kappa shape index (κ1) is 21.0. The lowest BCUT2D eigenvalue weighted by Gasteiger charge is -2.35. The molecule has 1 aliphatic heterocycles. The Bertz CT molecular complexity index is 1190. The highest BCUT2D eigenvalue weighted by molar-refractivity contribution is 7.90. The summed E-state index contributed by atoms with van der Waals surface area (Å²) in [7, 11) is -3.71. The molecule has 0 spiro atoms. The van der Waals surface area contributed by atoms with Gasteiger partial charge in [-0.05, 0) is 12.1 Å². The van der Waals surface area contributed by atoms with Crippen molar-refractivity contribution in [2.75, 3.05) is 37.3 Å². The van der Waals surface area contributed by atoms with Crippen molar-refractivity contribution >= 4 is 21.2 Å². The number of piperazine rings is 1. The van der Waals surface area contributed by atoms with E-state index in [2.05, 4.69) is 9.88 Å². The van der Waals surface area contributed by atoms with Crippen LogP contribution in [0.5, 0.6) is 0 Å². The fourth-order valence-corrected chi connectivity index (χ4v) is 4.57. The predicted octanol–water partition coefficient (Wildman–Crippen LogP) is 2.98. The van der Waals surface area contributed by atoms with Crippen LogP contribution in [0.1, 0.15) is 5.89 Å². The number of nitro groups is 1. The fourth-order valence-electron chi connectivity index (χ4n) is 3.71. The van der Waals surface area contributed by atoms with E-state index in [9.17, 15) is 18.5 Å². The Morgan fingerprint density at radius 3 is 2.42 bits per heavy atom. The van der Waals surface area contributed by atoms with E-state index >= 15 is 0 Å². The van der Waals surface area contributed by atoms with Gasteiger partial charge in [0.05, 0.1) is 11.5 Å². The molecule has 1 aliphatic rings. The molecule has 0 amide bonds. The largest absolute Gasteiger partial charge is 0.447 e. The van der Waals surface area contributed by atoms with Crippen LogP contribution in [0.2, 0.25) is 0 Å². The zero-order valence-corrected chi connectivity index (χ0v) is 17.8. The normalized spacial score (nSPS) is 15.2. The lowest BCUT2D eigenvalue weighted by atomic mass is 10.2. The number of nitrogens with zero attached hydrogens (tertiary/aromatic N) is 4. The van der Waals surface area contributed by atoms with Crippen LogP contribution >= 0.6 is 0 Å². The number of oxazole rings is 1. The minimum absolute atomic E-state index is 0.259. The van der Waals surface area contributed by atoms with E-state index in [-0.39, 0.29) is 10.6 Å². The number of anilines is 1. The molecule has 2 heterocycles. The zero-order chi connectivity index (χ0) is 22.0. The first-order valence-electron chi connectivity index (χ1n) is 9.77. The molecule has 0 bridgehead atoms. The fraction of sp³-hybridized carbons (Fsp3) is 0.286. The number of hydrogen-bond donors (Lipinski definition) is 0. The molecule has 1 fully saturated rings. The number of hydrogen-bond acceptors (Lipinski definition) is 8. The van der Waals surface area contributed by atoms with Gasteiger partial charge in [0.25, 0.3) is 0 Å². The van der Waals surface area contributed by atoms with Crippen molar-refractivity contribution in [3.63, 3.8) is 0 Å². The molecule has 3 aromatic rings. The summed E-state index contributed by atoms with van der Waals surface area (Å²) >= 11 is 0. The lowest BCUT2D eigenvalue weighted by molar-refractivity contribution is -0.387. The van der Waals surface area contributed by atoms with Gasteiger partial charge in [-0.2, -0.15) is 0 Å². The maximum atomic E-state index is 12.0. The predicted molar refractivity (Wildman–Crippen MR) is 116 cm³/mol. The van der Waals surface area contributed by atoms with Gasteiger partial charge in [-0.1, -0.05) is 36.4 Å². The molecule has 10 heteroatoms. The van der Waals surface area contributed by atoms with Gasteiger partial charge in [0, 0.05) is 38.0 Å². The van der Waals surface area contributed by atoms with E-state index in [1.807, 2.05) is 35.2 Å². The number of aromatic nitrogens is 1. The Morgan fingerprint density at radius 1 is 1.06 bits per heavy atom. The molecule has 0 atom stereocenters. The first-order chi connectivity index (χ1) is 14.8. The summed E-state index contributed by atoms with van der Waals surface area (Å²) in [5, 5.41) is 11.6. The minimum atomic E-state index is -3.71. The lowest BCUT2D eigenvalue weighted by Crippen LogP contribution is -2.46. The number of sulfone groups is 1. The Labute approximate surface area is 180 Å². The average molecular weight is 442 g/mol. The maximum Gasteiger partial charge on any atom is 0.311 e. The molecular formula is C21H22N4O5S. The zero-order valence-electron chi connectivity index (χ0n) is 17.0. The van der Waals surface area contributed by atoms with Crippen molar-refractivity contribution < 1.29 is 17.8 Å². The van der Waals surface area contributed by atoms with Crippen molar-refractivity contribution in [2.45, 2.75) is 11.4 Å². The second-order valence-corrected chi connectivity index (χ2v) is 9.39. The third-order valence-electron chi connectivity index (χ3n) is 5.25. The van der Waals surface area contributed by atoms with Crippen LogP contribution in [0.25, 0.3) is 11.3 Å². The number of para-hydroxylation sites is 1. The van der Waals surface area contributed by atoms with Crippen molar-refractivity contribution in [3.8, 4) is 11.3 Å². The van der Waals surface area contributed by atoms with E-state index in [4.69, 9.17) is 4.42 Å². The topological polar surface area (TPSA) is 110 Å². The quantitative estimate of drug-likeness (QED) is 0.423. The van der Waals surface area contributed by atoms with E-state index in [1.165, 1.54) is 6.07 Å². The van der Waals surface area contributed by atoms with Gasteiger partial charge in [-0.3, -0.25) is 15.0 Å². The second kappa shape index (κ2) is 8.48. The summed E-state index contributed by atoms with van der Waals surface area (Å²) in [6.45, 7) is 2.87. The van der Waals surface area contributed by atoms with Gasteiger partial charge in [-0.25, -0.2) is 13.4 Å². The molecule has 9 nitrogen and oxygen atoms in total. The van der Waals surface area contributed by atoms with Gasteiger partial charge in [0.2, 0.25) is 5.89 Å². The molecule has 0 N–H and O–H groups in total. The summed E-state index contributed by atoms with van der Waals surface area (Å²) in [4.78, 5) is 19.3. The summed E-state index contributed by atoms with van der Waals surface area (Å²) in [6, 6.07) is 14.2. The molecule has 0 radical (unpaired) electrons. The van der Waals surface area contributed by atoms with Gasteiger partial charge < -0.3 is 9.32 Å². The van der Waals surface area contributed by atoms with Gasteiger partial charge in [-0.15, -0.1) is 0 Å². The standard InChI is InChI=1S/C21H22N4O5S/c1-31(28,29)19-9-5-8-18(21(19)25(26)27)24-12-10-23(11-13-24)14-20-22-17(15-30-20)16-6-3-2-4-7-16/h2-9,15H,10-14H2,1H3. The van der Waals surface area contributed by atoms with Gasteiger partial charge in [0.1, 0.15) is 22.5 Å². The third-order valence-corrected chi connectivity index (χ3v) is 6.38. The Hall–Kier alpha value is -3.24.